The zero-order valence-corrected chi connectivity index (χ0v) is 9.95. The Hall–Kier alpha value is -1.62. The van der Waals surface area contributed by atoms with Crippen molar-refractivity contribution < 1.29 is 13.9 Å². The van der Waals surface area contributed by atoms with Gasteiger partial charge in [0.1, 0.15) is 11.6 Å². The molecule has 0 bridgehead atoms. The van der Waals surface area contributed by atoms with Gasteiger partial charge in [-0.15, -0.1) is 12.6 Å². The minimum absolute atomic E-state index is 0.359. The molecule has 0 aliphatic heterocycles. The minimum atomic E-state index is -0.641. The molecule has 2 rings (SSSR count). The van der Waals surface area contributed by atoms with Crippen LogP contribution in [0.25, 0.3) is 10.9 Å². The van der Waals surface area contributed by atoms with Gasteiger partial charge in [-0.25, -0.2) is 4.39 Å². The molecule has 0 fully saturated rings. The van der Waals surface area contributed by atoms with Crippen LogP contribution in [0.4, 0.5) is 4.39 Å². The first-order valence-corrected chi connectivity index (χ1v) is 5.46. The number of nitrogens with zero attached hydrogens (tertiary/aromatic N) is 1. The van der Waals surface area contributed by atoms with Crippen LogP contribution >= 0.6 is 12.6 Å². The Morgan fingerprint density at radius 1 is 1.47 bits per heavy atom. The summed E-state index contributed by atoms with van der Waals surface area (Å²) in [4.78, 5) is 14.9. The predicted octanol–water partition coefficient (Wildman–Crippen LogP) is 2.60. The lowest BCUT2D eigenvalue weighted by Gasteiger charge is -2.11. The Labute approximate surface area is 103 Å². The van der Waals surface area contributed by atoms with Gasteiger partial charge in [0.25, 0.3) is 0 Å². The van der Waals surface area contributed by atoms with Crippen LogP contribution < -0.4 is 4.74 Å². The fourth-order valence-electron chi connectivity index (χ4n) is 1.41. The van der Waals surface area contributed by atoms with E-state index in [9.17, 15) is 9.18 Å². The first kappa shape index (κ1) is 11.9. The van der Waals surface area contributed by atoms with Gasteiger partial charge in [0.05, 0.1) is 11.7 Å². The standard InChI is InChI=1S/C12H10FNO2S/c1-7(12(15)17)16-10-2-3-11-8(5-10)4-9(13)6-14-11/h2-7H,1H3,(H,15,17). The van der Waals surface area contributed by atoms with Crippen LogP contribution in [0, 0.1) is 5.82 Å². The number of fused-ring (bicyclic) bond motifs is 1. The molecule has 1 heterocycles. The average Bonchev–Trinajstić information content (AvgIpc) is 2.28. The number of aromatic nitrogens is 1. The van der Waals surface area contributed by atoms with E-state index in [4.69, 9.17) is 4.74 Å². The van der Waals surface area contributed by atoms with E-state index in [2.05, 4.69) is 17.6 Å². The Morgan fingerprint density at radius 2 is 2.24 bits per heavy atom. The summed E-state index contributed by atoms with van der Waals surface area (Å²) in [5.41, 5.74) is 0.670. The highest BCUT2D eigenvalue weighted by atomic mass is 32.1. The number of halogens is 1. The lowest BCUT2D eigenvalue weighted by molar-refractivity contribution is -0.116. The zero-order valence-electron chi connectivity index (χ0n) is 9.05. The maximum absolute atomic E-state index is 13.0. The Bertz CT molecular complexity index is 573. The van der Waals surface area contributed by atoms with Gasteiger partial charge in [0.15, 0.2) is 6.10 Å². The number of rotatable bonds is 3. The van der Waals surface area contributed by atoms with Gasteiger partial charge >= 0.3 is 0 Å². The predicted molar refractivity (Wildman–Crippen MR) is 65.8 cm³/mol. The summed E-state index contributed by atoms with van der Waals surface area (Å²) in [6.07, 6.45) is 0.514. The summed E-state index contributed by atoms with van der Waals surface area (Å²) >= 11 is 3.68. The van der Waals surface area contributed by atoms with Gasteiger partial charge in [-0.2, -0.15) is 0 Å². The molecule has 2 aromatic rings. The number of thiol groups is 1. The summed E-state index contributed by atoms with van der Waals surface area (Å²) in [5.74, 6) is 0.0766. The molecule has 0 radical (unpaired) electrons. The molecule has 0 aliphatic carbocycles. The van der Waals surface area contributed by atoms with Gasteiger partial charge in [-0.05, 0) is 31.2 Å². The number of benzene rings is 1. The van der Waals surface area contributed by atoms with Crippen LogP contribution in [0.3, 0.4) is 0 Å². The number of hydrogen-bond donors (Lipinski definition) is 1. The van der Waals surface area contributed by atoms with Crippen LogP contribution in [0.5, 0.6) is 5.75 Å². The summed E-state index contributed by atoms with van der Waals surface area (Å²) in [6.45, 7) is 1.60. The highest BCUT2D eigenvalue weighted by Gasteiger charge is 2.10. The molecule has 0 spiro atoms. The number of carbonyl (C=O) groups is 1. The Balaban J connectivity index is 2.33. The second-order valence-electron chi connectivity index (χ2n) is 3.61. The highest BCUT2D eigenvalue weighted by molar-refractivity contribution is 7.96. The van der Waals surface area contributed by atoms with E-state index < -0.39 is 11.9 Å². The van der Waals surface area contributed by atoms with Gasteiger partial charge < -0.3 is 4.74 Å². The van der Waals surface area contributed by atoms with E-state index in [-0.39, 0.29) is 5.12 Å². The third-order valence-corrected chi connectivity index (χ3v) is 2.64. The second kappa shape index (κ2) is 4.71. The van der Waals surface area contributed by atoms with Crippen LogP contribution in [0.15, 0.2) is 30.5 Å². The van der Waals surface area contributed by atoms with Crippen molar-refractivity contribution in [2.45, 2.75) is 13.0 Å². The van der Waals surface area contributed by atoms with E-state index in [1.807, 2.05) is 0 Å². The van der Waals surface area contributed by atoms with Gasteiger partial charge in [0, 0.05) is 5.39 Å². The van der Waals surface area contributed by atoms with Crippen LogP contribution in [-0.2, 0) is 4.79 Å². The molecule has 3 nitrogen and oxygen atoms in total. The summed E-state index contributed by atoms with van der Waals surface area (Å²) in [7, 11) is 0. The maximum Gasteiger partial charge on any atom is 0.226 e. The molecular formula is C12H10FNO2S. The van der Waals surface area contributed by atoms with Crippen LogP contribution in [0.2, 0.25) is 0 Å². The van der Waals surface area contributed by atoms with E-state index in [1.54, 1.807) is 25.1 Å². The molecule has 0 saturated heterocycles. The monoisotopic (exact) mass is 251 g/mol. The highest BCUT2D eigenvalue weighted by Crippen LogP contribution is 2.21. The van der Waals surface area contributed by atoms with E-state index in [1.165, 1.54) is 6.07 Å². The van der Waals surface area contributed by atoms with Gasteiger partial charge in [-0.1, -0.05) is 0 Å². The topological polar surface area (TPSA) is 39.2 Å². The molecule has 1 aromatic carbocycles. The molecule has 5 heteroatoms. The van der Waals surface area contributed by atoms with Crippen molar-refractivity contribution in [1.29, 1.82) is 0 Å². The van der Waals surface area contributed by atoms with E-state index >= 15 is 0 Å². The summed E-state index contributed by atoms with van der Waals surface area (Å²) < 4.78 is 18.3. The van der Waals surface area contributed by atoms with Gasteiger partial charge in [0.2, 0.25) is 5.12 Å². The molecular weight excluding hydrogens is 241 g/mol. The molecule has 0 amide bonds. The lowest BCUT2D eigenvalue weighted by atomic mass is 10.2. The second-order valence-corrected chi connectivity index (χ2v) is 4.05. The van der Waals surface area contributed by atoms with E-state index in [0.717, 1.165) is 6.20 Å². The fraction of sp³-hybridized carbons (Fsp3) is 0.167. The molecule has 88 valence electrons. The Kier molecular flexibility index (Phi) is 3.28. The normalized spacial score (nSPS) is 12.4. The molecule has 1 aromatic heterocycles. The third kappa shape index (κ3) is 2.74. The average molecular weight is 251 g/mol. The first-order valence-electron chi connectivity index (χ1n) is 5.01. The SMILES string of the molecule is CC(Oc1ccc2ncc(F)cc2c1)C(=O)S. The van der Waals surface area contributed by atoms with Crippen LogP contribution in [-0.4, -0.2) is 16.2 Å². The number of hydrogen-bond acceptors (Lipinski definition) is 3. The molecule has 0 aliphatic rings. The van der Waals surface area contributed by atoms with Crippen molar-refractivity contribution in [2.24, 2.45) is 0 Å². The van der Waals surface area contributed by atoms with E-state index in [0.29, 0.717) is 16.7 Å². The van der Waals surface area contributed by atoms with Crippen molar-refractivity contribution in [3.63, 3.8) is 0 Å². The molecule has 1 unspecified atom stereocenters. The third-order valence-electron chi connectivity index (χ3n) is 2.28. The number of ether oxygens (including phenoxy) is 1. The van der Waals surface area contributed by atoms with Crippen molar-refractivity contribution in [2.75, 3.05) is 0 Å². The maximum atomic E-state index is 13.0. The van der Waals surface area contributed by atoms with Crippen molar-refractivity contribution in [3.05, 3.63) is 36.3 Å². The quantitative estimate of drug-likeness (QED) is 0.852. The minimum Gasteiger partial charge on any atom is -0.482 e. The fourth-order valence-corrected chi connectivity index (χ4v) is 1.46. The molecule has 0 saturated carbocycles. The lowest BCUT2D eigenvalue weighted by Crippen LogP contribution is -2.18. The molecule has 0 N–H and O–H groups in total. The Morgan fingerprint density at radius 3 is 2.94 bits per heavy atom. The summed E-state index contributed by atoms with van der Waals surface area (Å²) in [5, 5.41) is 0.267. The largest absolute Gasteiger partial charge is 0.482 e. The molecule has 17 heavy (non-hydrogen) atoms. The van der Waals surface area contributed by atoms with Gasteiger partial charge in [-0.3, -0.25) is 9.78 Å². The van der Waals surface area contributed by atoms with Crippen molar-refractivity contribution in [3.8, 4) is 5.75 Å². The van der Waals surface area contributed by atoms with Crippen molar-refractivity contribution in [1.82, 2.24) is 4.98 Å². The summed E-state index contributed by atoms with van der Waals surface area (Å²) in [6, 6.07) is 6.39. The number of pyridine rings is 1. The molecule has 1 atom stereocenters. The van der Waals surface area contributed by atoms with Crippen molar-refractivity contribution >= 4 is 28.6 Å². The number of carbonyl (C=O) groups excluding carboxylic acids is 1. The van der Waals surface area contributed by atoms with Crippen LogP contribution in [0.1, 0.15) is 6.92 Å². The zero-order chi connectivity index (χ0) is 12.4. The first-order chi connectivity index (χ1) is 8.06. The smallest absolute Gasteiger partial charge is 0.226 e.